The minimum absolute atomic E-state index is 0.0531. The summed E-state index contributed by atoms with van der Waals surface area (Å²) in [4.78, 5) is 13.9. The molecule has 1 unspecified atom stereocenters. The Hall–Kier alpha value is -1.01. The summed E-state index contributed by atoms with van der Waals surface area (Å²) in [6.45, 7) is 7.49. The van der Waals surface area contributed by atoms with Gasteiger partial charge in [0.1, 0.15) is 0 Å². The van der Waals surface area contributed by atoms with Gasteiger partial charge in [-0.3, -0.25) is 4.79 Å². The predicted octanol–water partition coefficient (Wildman–Crippen LogP) is 2.06. The third-order valence-electron chi connectivity index (χ3n) is 3.27. The van der Waals surface area contributed by atoms with Crippen LogP contribution in [0.15, 0.2) is 0 Å². The minimum Gasteiger partial charge on any atom is -0.382 e. The number of hydrogen-bond acceptors (Lipinski definition) is 2. The van der Waals surface area contributed by atoms with Crippen molar-refractivity contribution in [2.75, 3.05) is 20.3 Å². The van der Waals surface area contributed by atoms with Crippen LogP contribution in [0, 0.1) is 17.8 Å². The van der Waals surface area contributed by atoms with Crippen LogP contribution >= 0.6 is 0 Å². The Balaban J connectivity index is 2.91. The number of ether oxygens (including phenoxy) is 1. The Morgan fingerprint density at radius 3 is 2.76 bits per heavy atom. The summed E-state index contributed by atoms with van der Waals surface area (Å²) in [5, 5.41) is 0. The number of nitrogens with zero attached hydrogens (tertiary/aromatic N) is 1. The van der Waals surface area contributed by atoms with Crippen molar-refractivity contribution in [1.82, 2.24) is 4.90 Å². The second kappa shape index (κ2) is 6.07. The van der Waals surface area contributed by atoms with Gasteiger partial charge in [0.25, 0.3) is 5.91 Å². The zero-order valence-electron chi connectivity index (χ0n) is 11.4. The highest BCUT2D eigenvalue weighted by atomic mass is 16.5. The van der Waals surface area contributed by atoms with Crippen LogP contribution in [-0.2, 0) is 9.53 Å². The molecule has 17 heavy (non-hydrogen) atoms. The molecule has 0 aromatic carbocycles. The molecule has 1 aliphatic heterocycles. The molecule has 96 valence electrons. The van der Waals surface area contributed by atoms with Gasteiger partial charge < -0.3 is 9.64 Å². The van der Waals surface area contributed by atoms with Crippen LogP contribution in [-0.4, -0.2) is 36.6 Å². The highest BCUT2D eigenvalue weighted by molar-refractivity contribution is 5.94. The largest absolute Gasteiger partial charge is 0.382 e. The topological polar surface area (TPSA) is 29.5 Å². The van der Waals surface area contributed by atoms with Crippen molar-refractivity contribution < 1.29 is 9.53 Å². The molecule has 1 atom stereocenters. The number of carbonyl (C=O) groups is 1. The fourth-order valence-electron chi connectivity index (χ4n) is 2.88. The lowest BCUT2D eigenvalue weighted by Gasteiger charge is -2.38. The zero-order valence-corrected chi connectivity index (χ0v) is 11.4. The summed E-state index contributed by atoms with van der Waals surface area (Å²) in [6.07, 6.45) is 3.06. The smallest absolute Gasteiger partial charge is 0.298 e. The Bertz CT molecular complexity index is 327. The number of rotatable bonds is 4. The highest BCUT2D eigenvalue weighted by Crippen LogP contribution is 2.35. The van der Waals surface area contributed by atoms with E-state index in [1.807, 2.05) is 4.90 Å². The van der Waals surface area contributed by atoms with Gasteiger partial charge in [0.05, 0.1) is 12.1 Å². The molecule has 0 spiro atoms. The molecule has 3 nitrogen and oxygen atoms in total. The molecule has 1 rings (SSSR count). The van der Waals surface area contributed by atoms with Gasteiger partial charge in [-0.05, 0) is 38.0 Å². The van der Waals surface area contributed by atoms with Crippen molar-refractivity contribution in [2.45, 2.75) is 45.6 Å². The van der Waals surface area contributed by atoms with Gasteiger partial charge >= 0.3 is 0 Å². The summed E-state index contributed by atoms with van der Waals surface area (Å²) in [5.41, 5.74) is -0.135. The molecule has 1 fully saturated rings. The second-order valence-electron chi connectivity index (χ2n) is 5.19. The quantitative estimate of drug-likeness (QED) is 0.700. The summed E-state index contributed by atoms with van der Waals surface area (Å²) in [5.74, 6) is 5.85. The molecular weight excluding hydrogens is 214 g/mol. The lowest BCUT2D eigenvalue weighted by molar-refractivity contribution is -0.131. The van der Waals surface area contributed by atoms with E-state index in [9.17, 15) is 4.79 Å². The zero-order chi connectivity index (χ0) is 12.9. The van der Waals surface area contributed by atoms with E-state index in [-0.39, 0.29) is 11.4 Å². The first-order valence-electron chi connectivity index (χ1n) is 6.29. The molecule has 0 aromatic rings. The fraction of sp³-hybridized carbons (Fsp3) is 0.786. The van der Waals surface area contributed by atoms with Gasteiger partial charge in [-0.1, -0.05) is 19.8 Å². The summed E-state index contributed by atoms with van der Waals surface area (Å²) < 4.78 is 5.35. The van der Waals surface area contributed by atoms with Crippen LogP contribution < -0.4 is 0 Å². The summed E-state index contributed by atoms with van der Waals surface area (Å²) in [6, 6.07) is 0. The average Bonchev–Trinajstić information content (AvgIpc) is 2.61. The molecule has 0 radical (unpaired) electrons. The van der Waals surface area contributed by atoms with Crippen molar-refractivity contribution in [1.29, 1.82) is 0 Å². The van der Waals surface area contributed by atoms with E-state index in [1.165, 1.54) is 0 Å². The van der Waals surface area contributed by atoms with E-state index in [4.69, 9.17) is 4.74 Å². The molecule has 1 saturated heterocycles. The van der Waals surface area contributed by atoms with Gasteiger partial charge in [-0.25, -0.2) is 0 Å². The van der Waals surface area contributed by atoms with Gasteiger partial charge in [-0.2, -0.15) is 0 Å². The normalized spacial score (nSPS) is 23.7. The van der Waals surface area contributed by atoms with Crippen molar-refractivity contribution in [3.63, 3.8) is 0 Å². The van der Waals surface area contributed by atoms with Crippen molar-refractivity contribution in [3.8, 4) is 11.8 Å². The molecular formula is C14H23NO2. The molecule has 3 heteroatoms. The molecule has 0 saturated carbocycles. The summed E-state index contributed by atoms with van der Waals surface area (Å²) in [7, 11) is 1.70. The molecule has 0 N–H and O–H groups in total. The number of carbonyl (C=O) groups excluding carboxylic acids is 1. The van der Waals surface area contributed by atoms with Crippen molar-refractivity contribution in [3.05, 3.63) is 0 Å². The van der Waals surface area contributed by atoms with E-state index in [0.717, 1.165) is 25.8 Å². The monoisotopic (exact) mass is 237 g/mol. The van der Waals surface area contributed by atoms with Gasteiger partial charge in [-0.15, -0.1) is 0 Å². The molecule has 1 amide bonds. The molecule has 0 aliphatic carbocycles. The van der Waals surface area contributed by atoms with E-state index in [2.05, 4.69) is 25.7 Å². The van der Waals surface area contributed by atoms with Gasteiger partial charge in [0, 0.05) is 13.7 Å². The minimum atomic E-state index is -0.135. The first kappa shape index (κ1) is 14.1. The highest BCUT2D eigenvalue weighted by Gasteiger charge is 2.43. The standard InChI is InChI=1S/C14H23NO2/c1-5-7-13(16)15-9-6-8-14(15,11-17-4)10-12(2)3/h12H,6,8-11H2,1-4H3. The van der Waals surface area contributed by atoms with Crippen LogP contribution in [0.5, 0.6) is 0 Å². The van der Waals surface area contributed by atoms with E-state index < -0.39 is 0 Å². The van der Waals surface area contributed by atoms with Crippen molar-refractivity contribution >= 4 is 5.91 Å². The Labute approximate surface area is 105 Å². The fourth-order valence-corrected chi connectivity index (χ4v) is 2.88. The third kappa shape index (κ3) is 3.23. The van der Waals surface area contributed by atoms with E-state index >= 15 is 0 Å². The number of hydrogen-bond donors (Lipinski definition) is 0. The van der Waals surface area contributed by atoms with E-state index in [1.54, 1.807) is 14.0 Å². The molecule has 0 bridgehead atoms. The SMILES string of the molecule is CC#CC(=O)N1CCCC1(COC)CC(C)C. The predicted molar refractivity (Wildman–Crippen MR) is 68.5 cm³/mol. The van der Waals surface area contributed by atoms with Crippen molar-refractivity contribution in [2.24, 2.45) is 5.92 Å². The van der Waals surface area contributed by atoms with Crippen LogP contribution in [0.25, 0.3) is 0 Å². The first-order chi connectivity index (χ1) is 8.05. The third-order valence-corrected chi connectivity index (χ3v) is 3.27. The van der Waals surface area contributed by atoms with Crippen LogP contribution in [0.3, 0.4) is 0 Å². The van der Waals surface area contributed by atoms with Crippen LogP contribution in [0.2, 0.25) is 0 Å². The van der Waals surface area contributed by atoms with Crippen LogP contribution in [0.1, 0.15) is 40.0 Å². The average molecular weight is 237 g/mol. The van der Waals surface area contributed by atoms with Gasteiger partial charge in [0.15, 0.2) is 0 Å². The van der Waals surface area contributed by atoms with Gasteiger partial charge in [0.2, 0.25) is 0 Å². The maximum absolute atomic E-state index is 12.0. The number of amides is 1. The first-order valence-corrected chi connectivity index (χ1v) is 6.29. The molecule has 0 aromatic heterocycles. The Morgan fingerprint density at radius 1 is 1.53 bits per heavy atom. The number of methoxy groups -OCH3 is 1. The van der Waals surface area contributed by atoms with E-state index in [0.29, 0.717) is 12.5 Å². The van der Waals surface area contributed by atoms with Crippen LogP contribution in [0.4, 0.5) is 0 Å². The lowest BCUT2D eigenvalue weighted by atomic mass is 9.87. The lowest BCUT2D eigenvalue weighted by Crippen LogP contribution is -2.51. The second-order valence-corrected chi connectivity index (χ2v) is 5.19. The maximum atomic E-state index is 12.0. The Morgan fingerprint density at radius 2 is 2.24 bits per heavy atom. The number of likely N-dealkylation sites (tertiary alicyclic amines) is 1. The molecule has 1 heterocycles. The Kier molecular flexibility index (Phi) is 5.02. The molecule has 1 aliphatic rings. The summed E-state index contributed by atoms with van der Waals surface area (Å²) >= 11 is 0. The maximum Gasteiger partial charge on any atom is 0.298 e.